The smallest absolute Gasteiger partial charge is 1.00 e. The first-order valence-electron chi connectivity index (χ1n) is 1.89. The molecule has 0 heterocycles. The van der Waals surface area contributed by atoms with Crippen molar-refractivity contribution < 1.29 is 62.4 Å². The SMILES string of the molecule is CNC(=O)S.NC(=O)S.[H-].[K+]. The van der Waals surface area contributed by atoms with Crippen LogP contribution in [0.2, 0.25) is 0 Å². The Morgan fingerprint density at radius 2 is 1.60 bits per heavy atom. The van der Waals surface area contributed by atoms with Crippen molar-refractivity contribution in [3.8, 4) is 0 Å². The molecule has 2 amide bonds. The number of nitrogens with one attached hydrogen (secondary N) is 1. The van der Waals surface area contributed by atoms with Crippen molar-refractivity contribution in [2.45, 2.75) is 0 Å². The van der Waals surface area contributed by atoms with Gasteiger partial charge in [0.15, 0.2) is 0 Å². The normalized spacial score (nSPS) is 5.90. The fourth-order valence-electron chi connectivity index (χ4n) is 0. The van der Waals surface area contributed by atoms with E-state index in [9.17, 15) is 4.79 Å². The van der Waals surface area contributed by atoms with Gasteiger partial charge >= 0.3 is 51.4 Å². The largest absolute Gasteiger partial charge is 1.00 e. The van der Waals surface area contributed by atoms with E-state index in [4.69, 9.17) is 4.79 Å². The van der Waals surface area contributed by atoms with E-state index >= 15 is 0 Å². The number of nitrogens with two attached hydrogens (primary N) is 1. The van der Waals surface area contributed by atoms with Gasteiger partial charge in [0.1, 0.15) is 0 Å². The van der Waals surface area contributed by atoms with Crippen LogP contribution in [0.15, 0.2) is 0 Å². The molecule has 3 N–H and O–H groups in total. The second kappa shape index (κ2) is 12.9. The summed E-state index contributed by atoms with van der Waals surface area (Å²) in [5, 5.41) is 1.31. The van der Waals surface area contributed by atoms with Crippen LogP contribution in [0.5, 0.6) is 0 Å². The number of hydrogen-bond acceptors (Lipinski definition) is 2. The molecule has 0 atom stereocenters. The Morgan fingerprint density at radius 1 is 1.50 bits per heavy atom. The second-order valence-corrected chi connectivity index (χ2v) is 1.74. The van der Waals surface area contributed by atoms with Gasteiger partial charge in [0, 0.05) is 7.05 Å². The summed E-state index contributed by atoms with van der Waals surface area (Å²) in [4.78, 5) is 18.7. The molecule has 0 spiro atoms. The summed E-state index contributed by atoms with van der Waals surface area (Å²) in [6.45, 7) is 0. The van der Waals surface area contributed by atoms with Crippen molar-refractivity contribution in [2.75, 3.05) is 7.05 Å². The predicted octanol–water partition coefficient (Wildman–Crippen LogP) is -2.63. The molecule has 0 aromatic rings. The zero-order valence-electron chi connectivity index (χ0n) is 6.79. The molecule has 0 bridgehead atoms. The van der Waals surface area contributed by atoms with E-state index in [0.717, 1.165) is 0 Å². The molecule has 0 aliphatic carbocycles. The van der Waals surface area contributed by atoms with Crippen molar-refractivity contribution in [3.05, 3.63) is 0 Å². The fourth-order valence-corrected chi connectivity index (χ4v) is 0. The summed E-state index contributed by atoms with van der Waals surface area (Å²) in [6, 6.07) is 0. The van der Waals surface area contributed by atoms with Gasteiger partial charge in [-0.25, -0.2) is 0 Å². The molecular weight excluding hydrogens is 199 g/mol. The average molecular weight is 208 g/mol. The Balaban J connectivity index is -0.0000000383. The Hall–Kier alpha value is 1.28. The third-order valence-corrected chi connectivity index (χ3v) is 0.437. The molecule has 0 saturated carbocycles. The Kier molecular flexibility index (Phi) is 22.4. The van der Waals surface area contributed by atoms with Gasteiger partial charge in [0.2, 0.25) is 0 Å². The molecule has 7 heteroatoms. The van der Waals surface area contributed by atoms with E-state index in [1.54, 1.807) is 0 Å². The molecule has 56 valence electrons. The fraction of sp³-hybridized carbons (Fsp3) is 0.333. The molecule has 0 saturated heterocycles. The summed E-state index contributed by atoms with van der Waals surface area (Å²) in [5.41, 5.74) is 4.34. The van der Waals surface area contributed by atoms with Crippen LogP contribution in [0.25, 0.3) is 0 Å². The van der Waals surface area contributed by atoms with Gasteiger partial charge in [-0.1, -0.05) is 25.3 Å². The number of hydrogen-bond donors (Lipinski definition) is 4. The summed E-state index contributed by atoms with van der Waals surface area (Å²) < 4.78 is 0. The van der Waals surface area contributed by atoms with E-state index in [1.807, 2.05) is 0 Å². The molecule has 0 fully saturated rings. The molecule has 0 aliphatic heterocycles. The Morgan fingerprint density at radius 3 is 1.60 bits per heavy atom. The molecule has 10 heavy (non-hydrogen) atoms. The monoisotopic (exact) mass is 208 g/mol. The van der Waals surface area contributed by atoms with Crippen LogP contribution < -0.4 is 62.4 Å². The van der Waals surface area contributed by atoms with Gasteiger partial charge in [-0.05, 0) is 0 Å². The first-order valence-corrected chi connectivity index (χ1v) is 2.79. The second-order valence-electron chi connectivity index (χ2n) is 0.893. The maximum absolute atomic E-state index is 9.57. The molecule has 0 unspecified atom stereocenters. The minimum atomic E-state index is -0.639. The quantitative estimate of drug-likeness (QED) is 0.260. The van der Waals surface area contributed by atoms with E-state index in [2.05, 4.69) is 36.3 Å². The van der Waals surface area contributed by atoms with Crippen molar-refractivity contribution in [3.63, 3.8) is 0 Å². The molecule has 0 aliphatic rings. The van der Waals surface area contributed by atoms with Gasteiger partial charge in [0.05, 0.1) is 0 Å². The van der Waals surface area contributed by atoms with Crippen LogP contribution >= 0.6 is 25.3 Å². The molecule has 0 radical (unpaired) electrons. The van der Waals surface area contributed by atoms with Gasteiger partial charge < -0.3 is 12.5 Å². The van der Waals surface area contributed by atoms with Gasteiger partial charge in [0.25, 0.3) is 10.5 Å². The van der Waals surface area contributed by atoms with Gasteiger partial charge in [-0.2, -0.15) is 0 Å². The third kappa shape index (κ3) is 59.2. The van der Waals surface area contributed by atoms with Crippen LogP contribution in [0.4, 0.5) is 9.59 Å². The molecular formula is C3H9KN2O2S2. The Labute approximate surface area is 114 Å². The number of primary amides is 1. The molecule has 0 rings (SSSR count). The number of rotatable bonds is 0. The van der Waals surface area contributed by atoms with Crippen molar-refractivity contribution in [2.24, 2.45) is 5.73 Å². The minimum Gasteiger partial charge on any atom is -1.00 e. The van der Waals surface area contributed by atoms with Gasteiger partial charge in [-0.3, -0.25) is 9.59 Å². The van der Waals surface area contributed by atoms with Crippen LogP contribution in [0, 0.1) is 0 Å². The summed E-state index contributed by atoms with van der Waals surface area (Å²) >= 11 is 6.45. The maximum atomic E-state index is 9.57. The topological polar surface area (TPSA) is 72.2 Å². The number of amides is 2. The van der Waals surface area contributed by atoms with E-state index in [1.165, 1.54) is 7.05 Å². The molecule has 0 aromatic heterocycles. The first kappa shape index (κ1) is 17.4. The third-order valence-electron chi connectivity index (χ3n) is 0.214. The Bertz CT molecular complexity index is 112. The minimum absolute atomic E-state index is 0. The molecule has 4 nitrogen and oxygen atoms in total. The number of carbonyl (C=O) groups excluding carboxylic acids is 2. The van der Waals surface area contributed by atoms with Gasteiger partial charge in [-0.15, -0.1) is 0 Å². The number of carbonyl (C=O) groups is 2. The first-order chi connectivity index (χ1) is 4.00. The van der Waals surface area contributed by atoms with Crippen molar-refractivity contribution >= 4 is 35.7 Å². The van der Waals surface area contributed by atoms with Crippen molar-refractivity contribution in [1.29, 1.82) is 0 Å². The van der Waals surface area contributed by atoms with E-state index < -0.39 is 5.24 Å². The summed E-state index contributed by atoms with van der Waals surface area (Å²) in [5.74, 6) is 0. The number of thiol groups is 2. The van der Waals surface area contributed by atoms with Crippen molar-refractivity contribution in [1.82, 2.24) is 5.32 Å². The van der Waals surface area contributed by atoms with Crippen LogP contribution in [0.1, 0.15) is 1.43 Å². The zero-order chi connectivity index (χ0) is 7.86. The van der Waals surface area contributed by atoms with Crippen LogP contribution in [-0.4, -0.2) is 17.5 Å². The van der Waals surface area contributed by atoms with E-state index in [0.29, 0.717) is 0 Å². The van der Waals surface area contributed by atoms with E-state index in [-0.39, 0.29) is 58.1 Å². The molecule has 0 aromatic carbocycles. The summed E-state index contributed by atoms with van der Waals surface area (Å²) in [7, 11) is 1.52. The van der Waals surface area contributed by atoms with Crippen LogP contribution in [-0.2, 0) is 0 Å². The average Bonchev–Trinajstić information content (AvgIpc) is 1.65. The van der Waals surface area contributed by atoms with Crippen LogP contribution in [0.3, 0.4) is 0 Å². The predicted molar refractivity (Wildman–Crippen MR) is 43.1 cm³/mol. The maximum Gasteiger partial charge on any atom is 1.00 e. The summed E-state index contributed by atoms with van der Waals surface area (Å²) in [6.07, 6.45) is 0. The standard InChI is InChI=1S/C2H5NOS.CH3NOS.K.H/c1-3-2(4)5;2-1(3)4;;/h1H3,(H2,3,4,5);(H3,2,3,4);;/q;;+1;-1. The zero-order valence-corrected chi connectivity index (χ0v) is 10.7.